The van der Waals surface area contributed by atoms with Crippen molar-refractivity contribution >= 4 is 23.5 Å². The first-order valence-electron chi connectivity index (χ1n) is 8.78. The Kier molecular flexibility index (Phi) is 4.68. The van der Waals surface area contributed by atoms with Crippen molar-refractivity contribution in [1.29, 1.82) is 0 Å². The molecule has 2 heterocycles. The van der Waals surface area contributed by atoms with E-state index in [4.69, 9.17) is 9.47 Å². The number of nitrogens with zero attached hydrogens (tertiary/aromatic N) is 1. The molecule has 2 amide bonds. The topological polar surface area (TPSA) is 50.8 Å². The molecule has 1 saturated heterocycles. The number of fused-ring (bicyclic) bond motifs is 1. The summed E-state index contributed by atoms with van der Waals surface area (Å²) in [5.41, 5.74) is 4.28. The second kappa shape index (κ2) is 7.11. The Morgan fingerprint density at radius 1 is 1.08 bits per heavy atom. The Morgan fingerprint density at radius 2 is 1.88 bits per heavy atom. The molecule has 2 aliphatic rings. The van der Waals surface area contributed by atoms with E-state index in [9.17, 15) is 4.79 Å². The van der Waals surface area contributed by atoms with Crippen LogP contribution in [0.1, 0.15) is 22.1 Å². The third-order valence-electron chi connectivity index (χ3n) is 4.76. The van der Waals surface area contributed by atoms with E-state index >= 15 is 0 Å². The largest absolute Gasteiger partial charge is 0.486 e. The number of anilines is 1. The van der Waals surface area contributed by atoms with Gasteiger partial charge in [0, 0.05) is 18.0 Å². The first-order valence-corrected chi connectivity index (χ1v) is 9.83. The summed E-state index contributed by atoms with van der Waals surface area (Å²) in [6, 6.07) is 11.9. The highest BCUT2D eigenvalue weighted by molar-refractivity contribution is 7.99. The standard InChI is InChI=1S/C20H22N2O3S/c1-13-3-5-16(11-14(13)2)21-20(23)22-7-10-26-19(22)15-4-6-17-18(12-15)25-9-8-24-17/h3-6,11-12,19H,7-10H2,1-2H3,(H,21,23)/t19-/m0/s1. The summed E-state index contributed by atoms with van der Waals surface area (Å²) in [6.45, 7) is 5.98. The van der Waals surface area contributed by atoms with Crippen LogP contribution in [0, 0.1) is 13.8 Å². The number of ether oxygens (including phenoxy) is 2. The summed E-state index contributed by atoms with van der Waals surface area (Å²) in [4.78, 5) is 14.7. The van der Waals surface area contributed by atoms with Gasteiger partial charge in [0.1, 0.15) is 18.6 Å². The van der Waals surface area contributed by atoms with Crippen LogP contribution in [0.15, 0.2) is 36.4 Å². The quantitative estimate of drug-likeness (QED) is 0.854. The first-order chi connectivity index (χ1) is 12.6. The second-order valence-corrected chi connectivity index (χ2v) is 7.74. The van der Waals surface area contributed by atoms with Crippen molar-refractivity contribution in [2.75, 3.05) is 30.8 Å². The molecule has 1 atom stereocenters. The van der Waals surface area contributed by atoms with Crippen LogP contribution in [0.4, 0.5) is 10.5 Å². The zero-order chi connectivity index (χ0) is 18.1. The average molecular weight is 370 g/mol. The molecule has 26 heavy (non-hydrogen) atoms. The Morgan fingerprint density at radius 3 is 2.69 bits per heavy atom. The highest BCUT2D eigenvalue weighted by Gasteiger charge is 2.31. The fraction of sp³-hybridized carbons (Fsp3) is 0.350. The number of hydrogen-bond acceptors (Lipinski definition) is 4. The summed E-state index contributed by atoms with van der Waals surface area (Å²) < 4.78 is 11.3. The maximum atomic E-state index is 12.8. The van der Waals surface area contributed by atoms with Gasteiger partial charge in [0.05, 0.1) is 0 Å². The average Bonchev–Trinajstić information content (AvgIpc) is 3.14. The highest BCUT2D eigenvalue weighted by atomic mass is 32.2. The summed E-state index contributed by atoms with van der Waals surface area (Å²) >= 11 is 1.77. The summed E-state index contributed by atoms with van der Waals surface area (Å²) in [6.07, 6.45) is 0. The number of carbonyl (C=O) groups is 1. The minimum absolute atomic E-state index is 0.0163. The van der Waals surface area contributed by atoms with Crippen LogP contribution in [0.25, 0.3) is 0 Å². The third kappa shape index (κ3) is 3.33. The second-order valence-electron chi connectivity index (χ2n) is 6.55. The maximum absolute atomic E-state index is 12.8. The monoisotopic (exact) mass is 370 g/mol. The minimum atomic E-state index is -0.0712. The van der Waals surface area contributed by atoms with Gasteiger partial charge in [0.25, 0.3) is 0 Å². The molecule has 5 nitrogen and oxygen atoms in total. The van der Waals surface area contributed by atoms with Crippen molar-refractivity contribution in [2.45, 2.75) is 19.2 Å². The van der Waals surface area contributed by atoms with Crippen molar-refractivity contribution in [3.63, 3.8) is 0 Å². The van der Waals surface area contributed by atoms with Gasteiger partial charge in [0.2, 0.25) is 0 Å². The number of thioether (sulfide) groups is 1. The summed E-state index contributed by atoms with van der Waals surface area (Å²) in [5.74, 6) is 2.45. The zero-order valence-electron chi connectivity index (χ0n) is 15.0. The Labute approximate surface area is 157 Å². The lowest BCUT2D eigenvalue weighted by Crippen LogP contribution is -2.34. The molecule has 0 aromatic heterocycles. The van der Waals surface area contributed by atoms with E-state index in [2.05, 4.69) is 19.2 Å². The molecule has 0 spiro atoms. The van der Waals surface area contributed by atoms with Crippen molar-refractivity contribution in [3.05, 3.63) is 53.1 Å². The number of rotatable bonds is 2. The molecule has 136 valence electrons. The predicted octanol–water partition coefficient (Wildman–Crippen LogP) is 4.35. The number of carbonyl (C=O) groups excluding carboxylic acids is 1. The third-order valence-corrected chi connectivity index (χ3v) is 6.02. The molecule has 4 rings (SSSR count). The van der Waals surface area contributed by atoms with Crippen LogP contribution < -0.4 is 14.8 Å². The van der Waals surface area contributed by atoms with Crippen LogP contribution in [0.3, 0.4) is 0 Å². The van der Waals surface area contributed by atoms with E-state index < -0.39 is 0 Å². The number of aryl methyl sites for hydroxylation is 2. The van der Waals surface area contributed by atoms with Crippen molar-refractivity contribution < 1.29 is 14.3 Å². The Bertz CT molecular complexity index is 840. The van der Waals surface area contributed by atoms with Crippen LogP contribution in [-0.2, 0) is 0 Å². The lowest BCUT2D eigenvalue weighted by atomic mass is 10.1. The first kappa shape index (κ1) is 17.1. The highest BCUT2D eigenvalue weighted by Crippen LogP contribution is 2.41. The Balaban J connectivity index is 1.52. The van der Waals surface area contributed by atoms with E-state index in [-0.39, 0.29) is 11.4 Å². The van der Waals surface area contributed by atoms with E-state index in [0.29, 0.717) is 13.2 Å². The van der Waals surface area contributed by atoms with Gasteiger partial charge >= 0.3 is 6.03 Å². The molecular formula is C20H22N2O3S. The van der Waals surface area contributed by atoms with Gasteiger partial charge in [0.15, 0.2) is 11.5 Å². The maximum Gasteiger partial charge on any atom is 0.323 e. The summed E-state index contributed by atoms with van der Waals surface area (Å²) in [5, 5.41) is 3.02. The fourth-order valence-corrected chi connectivity index (χ4v) is 4.43. The van der Waals surface area contributed by atoms with Gasteiger partial charge in [-0.05, 0) is 54.8 Å². The molecule has 0 unspecified atom stereocenters. The molecule has 2 aliphatic heterocycles. The van der Waals surface area contributed by atoms with Crippen LogP contribution >= 0.6 is 11.8 Å². The van der Waals surface area contributed by atoms with Crippen molar-refractivity contribution in [1.82, 2.24) is 4.90 Å². The van der Waals surface area contributed by atoms with Gasteiger partial charge in [-0.3, -0.25) is 0 Å². The van der Waals surface area contributed by atoms with Gasteiger partial charge in [-0.2, -0.15) is 0 Å². The molecule has 1 N–H and O–H groups in total. The SMILES string of the molecule is Cc1ccc(NC(=O)N2CCS[C@H]2c2ccc3c(c2)OCCO3)cc1C. The molecule has 2 aromatic carbocycles. The van der Waals surface area contributed by atoms with E-state index in [0.717, 1.165) is 35.0 Å². The molecule has 0 aliphatic carbocycles. The molecular weight excluding hydrogens is 348 g/mol. The van der Waals surface area contributed by atoms with E-state index in [1.807, 2.05) is 41.3 Å². The number of nitrogens with one attached hydrogen (secondary N) is 1. The molecule has 0 saturated carbocycles. The fourth-order valence-electron chi connectivity index (χ4n) is 3.18. The van der Waals surface area contributed by atoms with Crippen LogP contribution in [0.2, 0.25) is 0 Å². The van der Waals surface area contributed by atoms with E-state index in [1.54, 1.807) is 11.8 Å². The number of urea groups is 1. The molecule has 0 bridgehead atoms. The zero-order valence-corrected chi connectivity index (χ0v) is 15.8. The molecule has 6 heteroatoms. The normalized spacial score (nSPS) is 18.7. The lowest BCUT2D eigenvalue weighted by molar-refractivity contribution is 0.171. The van der Waals surface area contributed by atoms with E-state index in [1.165, 1.54) is 11.1 Å². The van der Waals surface area contributed by atoms with Gasteiger partial charge in [-0.1, -0.05) is 12.1 Å². The molecule has 1 fully saturated rings. The van der Waals surface area contributed by atoms with Crippen molar-refractivity contribution in [3.8, 4) is 11.5 Å². The Hall–Kier alpha value is -2.34. The van der Waals surface area contributed by atoms with Crippen LogP contribution in [-0.4, -0.2) is 36.4 Å². The number of benzene rings is 2. The van der Waals surface area contributed by atoms with Crippen LogP contribution in [0.5, 0.6) is 11.5 Å². The van der Waals surface area contributed by atoms with Gasteiger partial charge in [-0.15, -0.1) is 11.8 Å². The minimum Gasteiger partial charge on any atom is -0.486 e. The number of amides is 2. The molecule has 2 aromatic rings. The van der Waals surface area contributed by atoms with Gasteiger partial charge < -0.3 is 19.7 Å². The summed E-state index contributed by atoms with van der Waals surface area (Å²) in [7, 11) is 0. The number of hydrogen-bond donors (Lipinski definition) is 1. The predicted molar refractivity (Wildman–Crippen MR) is 104 cm³/mol. The van der Waals surface area contributed by atoms with Crippen molar-refractivity contribution in [2.24, 2.45) is 0 Å². The smallest absolute Gasteiger partial charge is 0.323 e. The molecule has 0 radical (unpaired) electrons. The lowest BCUT2D eigenvalue weighted by Gasteiger charge is -2.26. The van der Waals surface area contributed by atoms with Gasteiger partial charge in [-0.25, -0.2) is 4.79 Å².